The van der Waals surface area contributed by atoms with Gasteiger partial charge in [-0.2, -0.15) is 5.26 Å². The second-order valence-corrected chi connectivity index (χ2v) is 6.06. The SMILES string of the molecule is N#C/C(=C\c1ccc(Cl)cc1)c1nc(-c2ccc(F)cc2)cs1. The molecule has 0 unspecified atom stereocenters. The molecular formula is C18H10ClFN2S. The fourth-order valence-corrected chi connectivity index (χ4v) is 2.94. The highest BCUT2D eigenvalue weighted by molar-refractivity contribution is 7.11. The summed E-state index contributed by atoms with van der Waals surface area (Å²) >= 11 is 7.24. The zero-order valence-electron chi connectivity index (χ0n) is 11.8. The van der Waals surface area contributed by atoms with Crippen molar-refractivity contribution in [1.82, 2.24) is 4.98 Å². The van der Waals surface area contributed by atoms with E-state index in [1.807, 2.05) is 17.5 Å². The van der Waals surface area contributed by atoms with Crippen LogP contribution in [0.4, 0.5) is 4.39 Å². The molecule has 0 saturated carbocycles. The van der Waals surface area contributed by atoms with Crippen LogP contribution in [0.3, 0.4) is 0 Å². The van der Waals surface area contributed by atoms with Crippen molar-refractivity contribution >= 4 is 34.6 Å². The Kier molecular flexibility index (Phi) is 4.52. The number of halogens is 2. The summed E-state index contributed by atoms with van der Waals surface area (Å²) in [6.07, 6.45) is 1.77. The number of nitriles is 1. The van der Waals surface area contributed by atoms with Gasteiger partial charge in [0, 0.05) is 16.0 Å². The van der Waals surface area contributed by atoms with E-state index in [9.17, 15) is 9.65 Å². The van der Waals surface area contributed by atoms with Gasteiger partial charge in [0.25, 0.3) is 0 Å². The maximum absolute atomic E-state index is 13.0. The van der Waals surface area contributed by atoms with E-state index >= 15 is 0 Å². The van der Waals surface area contributed by atoms with Crippen molar-refractivity contribution in [2.75, 3.05) is 0 Å². The summed E-state index contributed by atoms with van der Waals surface area (Å²) in [5.74, 6) is -0.287. The minimum absolute atomic E-state index is 0.287. The molecule has 0 aliphatic rings. The van der Waals surface area contributed by atoms with Crippen LogP contribution in [-0.2, 0) is 0 Å². The molecule has 3 aromatic rings. The Hall–Kier alpha value is -2.48. The topological polar surface area (TPSA) is 36.7 Å². The van der Waals surface area contributed by atoms with Crippen LogP contribution in [0.1, 0.15) is 10.6 Å². The number of thiazole rings is 1. The van der Waals surface area contributed by atoms with Crippen LogP contribution in [-0.4, -0.2) is 4.98 Å². The summed E-state index contributed by atoms with van der Waals surface area (Å²) in [5.41, 5.74) is 2.90. The molecule has 0 aliphatic carbocycles. The van der Waals surface area contributed by atoms with E-state index < -0.39 is 0 Å². The zero-order chi connectivity index (χ0) is 16.2. The summed E-state index contributed by atoms with van der Waals surface area (Å²) in [4.78, 5) is 4.47. The molecule has 0 amide bonds. The molecule has 0 aliphatic heterocycles. The second kappa shape index (κ2) is 6.74. The summed E-state index contributed by atoms with van der Waals surface area (Å²) in [5, 5.41) is 12.5. The van der Waals surface area contributed by atoms with Gasteiger partial charge in [0.15, 0.2) is 0 Å². The molecule has 1 heterocycles. The first kappa shape index (κ1) is 15.4. The number of nitrogens with zero attached hydrogens (tertiary/aromatic N) is 2. The summed E-state index contributed by atoms with van der Waals surface area (Å²) in [6.45, 7) is 0. The lowest BCUT2D eigenvalue weighted by atomic mass is 10.1. The predicted octanol–water partition coefficient (Wildman–Crippen LogP) is 5.67. The first-order chi connectivity index (χ1) is 11.2. The number of benzene rings is 2. The first-order valence-corrected chi connectivity index (χ1v) is 8.00. The molecule has 0 atom stereocenters. The molecular weight excluding hydrogens is 331 g/mol. The summed E-state index contributed by atoms with van der Waals surface area (Å²) in [6, 6.07) is 15.5. The molecule has 1 aromatic heterocycles. The average molecular weight is 341 g/mol. The Morgan fingerprint density at radius 1 is 1.13 bits per heavy atom. The van der Waals surface area contributed by atoms with Gasteiger partial charge in [0.05, 0.1) is 11.3 Å². The molecule has 0 fully saturated rings. The lowest BCUT2D eigenvalue weighted by Gasteiger charge is -1.97. The van der Waals surface area contributed by atoms with Crippen molar-refractivity contribution in [3.05, 3.63) is 75.3 Å². The standard InChI is InChI=1S/C18H10ClFN2S/c19-15-5-1-12(2-6-15)9-14(10-21)18-22-17(11-23-18)13-3-7-16(20)8-4-13/h1-9,11H/b14-9+. The van der Waals surface area contributed by atoms with Crippen LogP contribution in [0.2, 0.25) is 5.02 Å². The fraction of sp³-hybridized carbons (Fsp3) is 0. The lowest BCUT2D eigenvalue weighted by Crippen LogP contribution is -1.83. The maximum atomic E-state index is 13.0. The molecule has 0 spiro atoms. The Bertz CT molecular complexity index is 890. The Morgan fingerprint density at radius 2 is 1.83 bits per heavy atom. The number of allylic oxidation sites excluding steroid dienone is 1. The molecule has 0 N–H and O–H groups in total. The molecule has 2 nitrogen and oxygen atoms in total. The van der Waals surface area contributed by atoms with Crippen LogP contribution in [0.5, 0.6) is 0 Å². The average Bonchev–Trinajstić information content (AvgIpc) is 3.05. The Balaban J connectivity index is 1.92. The van der Waals surface area contributed by atoms with Gasteiger partial charge < -0.3 is 0 Å². The first-order valence-electron chi connectivity index (χ1n) is 6.75. The van der Waals surface area contributed by atoms with Gasteiger partial charge in [-0.15, -0.1) is 11.3 Å². The second-order valence-electron chi connectivity index (χ2n) is 4.77. The summed E-state index contributed by atoms with van der Waals surface area (Å²) in [7, 11) is 0. The van der Waals surface area contributed by atoms with Gasteiger partial charge >= 0.3 is 0 Å². The lowest BCUT2D eigenvalue weighted by molar-refractivity contribution is 0.628. The third kappa shape index (κ3) is 3.65. The highest BCUT2D eigenvalue weighted by Crippen LogP contribution is 2.27. The predicted molar refractivity (Wildman–Crippen MR) is 92.4 cm³/mol. The van der Waals surface area contributed by atoms with Crippen molar-refractivity contribution in [2.45, 2.75) is 0 Å². The van der Waals surface area contributed by atoms with E-state index in [0.717, 1.165) is 16.8 Å². The molecule has 112 valence electrons. The zero-order valence-corrected chi connectivity index (χ0v) is 13.4. The molecule has 0 bridgehead atoms. The number of aromatic nitrogens is 1. The normalized spacial score (nSPS) is 11.3. The minimum Gasteiger partial charge on any atom is -0.235 e. The van der Waals surface area contributed by atoms with Crippen molar-refractivity contribution in [1.29, 1.82) is 5.26 Å². The van der Waals surface area contributed by atoms with Crippen LogP contribution in [0, 0.1) is 17.1 Å². The van der Waals surface area contributed by atoms with Gasteiger partial charge in [-0.25, -0.2) is 9.37 Å². The maximum Gasteiger partial charge on any atom is 0.134 e. The highest BCUT2D eigenvalue weighted by atomic mass is 35.5. The largest absolute Gasteiger partial charge is 0.235 e. The van der Waals surface area contributed by atoms with Crippen molar-refractivity contribution < 1.29 is 4.39 Å². The van der Waals surface area contributed by atoms with Crippen molar-refractivity contribution in [3.63, 3.8) is 0 Å². The van der Waals surface area contributed by atoms with Crippen LogP contribution in [0.15, 0.2) is 53.9 Å². The molecule has 2 aromatic carbocycles. The van der Waals surface area contributed by atoms with E-state index in [2.05, 4.69) is 11.1 Å². The van der Waals surface area contributed by atoms with Gasteiger partial charge in [-0.05, 0) is 48.0 Å². The molecule has 5 heteroatoms. The third-order valence-corrected chi connectivity index (χ3v) is 4.30. The molecule has 0 saturated heterocycles. The smallest absolute Gasteiger partial charge is 0.134 e. The van der Waals surface area contributed by atoms with Gasteiger partial charge in [0.2, 0.25) is 0 Å². The monoisotopic (exact) mass is 340 g/mol. The van der Waals surface area contributed by atoms with Gasteiger partial charge in [0.1, 0.15) is 16.9 Å². The molecule has 23 heavy (non-hydrogen) atoms. The van der Waals surface area contributed by atoms with E-state index in [4.69, 9.17) is 11.6 Å². The van der Waals surface area contributed by atoms with Crippen molar-refractivity contribution in [2.24, 2.45) is 0 Å². The molecule has 3 rings (SSSR count). The number of hydrogen-bond acceptors (Lipinski definition) is 3. The van der Waals surface area contributed by atoms with E-state index in [1.165, 1.54) is 23.5 Å². The Morgan fingerprint density at radius 3 is 2.48 bits per heavy atom. The van der Waals surface area contributed by atoms with Crippen LogP contribution < -0.4 is 0 Å². The fourth-order valence-electron chi connectivity index (χ4n) is 2.02. The van der Waals surface area contributed by atoms with Gasteiger partial charge in [-0.1, -0.05) is 23.7 Å². The van der Waals surface area contributed by atoms with E-state index in [1.54, 1.807) is 30.3 Å². The third-order valence-electron chi connectivity index (χ3n) is 3.18. The van der Waals surface area contributed by atoms with Crippen molar-refractivity contribution in [3.8, 4) is 17.3 Å². The van der Waals surface area contributed by atoms with Crippen LogP contribution in [0.25, 0.3) is 22.9 Å². The number of hydrogen-bond donors (Lipinski definition) is 0. The summed E-state index contributed by atoms with van der Waals surface area (Å²) < 4.78 is 13.0. The Labute approximate surface area is 142 Å². The minimum atomic E-state index is -0.287. The van der Waals surface area contributed by atoms with E-state index in [-0.39, 0.29) is 5.82 Å². The van der Waals surface area contributed by atoms with Gasteiger partial charge in [-0.3, -0.25) is 0 Å². The number of rotatable bonds is 3. The molecule has 0 radical (unpaired) electrons. The quantitative estimate of drug-likeness (QED) is 0.576. The van der Waals surface area contributed by atoms with Crippen LogP contribution >= 0.6 is 22.9 Å². The highest BCUT2D eigenvalue weighted by Gasteiger charge is 2.09. The van der Waals surface area contributed by atoms with E-state index in [0.29, 0.717) is 15.6 Å².